The van der Waals surface area contributed by atoms with E-state index in [2.05, 4.69) is 24.3 Å². The third kappa shape index (κ3) is 2.60. The van der Waals surface area contributed by atoms with E-state index in [4.69, 9.17) is 0 Å². The fraction of sp³-hybridized carbons (Fsp3) is 0.467. The number of amides is 1. The van der Waals surface area contributed by atoms with Crippen LogP contribution in [-0.2, 0) is 23.3 Å². The number of rotatable bonds is 4. The molecule has 1 aliphatic heterocycles. The summed E-state index contributed by atoms with van der Waals surface area (Å²) in [5.74, 6) is 2.94. The van der Waals surface area contributed by atoms with Crippen LogP contribution >= 0.6 is 11.8 Å². The van der Waals surface area contributed by atoms with Crippen LogP contribution < -0.4 is 5.32 Å². The van der Waals surface area contributed by atoms with Crippen molar-refractivity contribution < 1.29 is 4.79 Å². The molecule has 1 N–H and O–H groups in total. The van der Waals surface area contributed by atoms with Crippen LogP contribution in [0.5, 0.6) is 0 Å². The Balaban J connectivity index is 1.85. The van der Waals surface area contributed by atoms with E-state index in [0.717, 1.165) is 23.0 Å². The first kappa shape index (κ1) is 14.3. The smallest absolute Gasteiger partial charge is 0.248 e. The summed E-state index contributed by atoms with van der Waals surface area (Å²) in [5, 5.41) is 7.57. The van der Waals surface area contributed by atoms with Crippen LogP contribution in [0.4, 0.5) is 5.82 Å². The lowest BCUT2D eigenvalue weighted by Gasteiger charge is -2.22. The van der Waals surface area contributed by atoms with E-state index >= 15 is 0 Å². The molecule has 0 bridgehead atoms. The van der Waals surface area contributed by atoms with E-state index < -0.39 is 0 Å². The molecule has 3 rings (SSSR count). The lowest BCUT2D eigenvalue weighted by molar-refractivity contribution is -0.120. The lowest BCUT2D eigenvalue weighted by Crippen LogP contribution is -2.30. The van der Waals surface area contributed by atoms with Gasteiger partial charge in [-0.3, -0.25) is 9.48 Å². The van der Waals surface area contributed by atoms with Crippen LogP contribution in [0.15, 0.2) is 24.5 Å². The summed E-state index contributed by atoms with van der Waals surface area (Å²) in [6.45, 7) is 4.13. The number of thioether (sulfide) groups is 1. The van der Waals surface area contributed by atoms with Crippen molar-refractivity contribution in [1.29, 1.82) is 0 Å². The van der Waals surface area contributed by atoms with Crippen molar-refractivity contribution in [1.82, 2.24) is 14.3 Å². The minimum atomic E-state index is -0.209. The van der Waals surface area contributed by atoms with Crippen LogP contribution in [0.1, 0.15) is 31.1 Å². The minimum absolute atomic E-state index is 0.0175. The Kier molecular flexibility index (Phi) is 3.80. The molecule has 0 spiro atoms. The van der Waals surface area contributed by atoms with E-state index in [1.54, 1.807) is 4.68 Å². The molecular formula is C15H20N4OS. The highest BCUT2D eigenvalue weighted by Crippen LogP contribution is 2.34. The van der Waals surface area contributed by atoms with Crippen molar-refractivity contribution in [3.63, 3.8) is 0 Å². The maximum atomic E-state index is 12.7. The number of hydrogen-bond acceptors (Lipinski definition) is 3. The molecule has 0 aliphatic carbocycles. The average Bonchev–Trinajstić information content (AvgIpc) is 3.10. The molecule has 21 heavy (non-hydrogen) atoms. The van der Waals surface area contributed by atoms with Gasteiger partial charge in [-0.25, -0.2) is 0 Å². The van der Waals surface area contributed by atoms with Gasteiger partial charge in [-0.1, -0.05) is 13.8 Å². The number of anilines is 1. The van der Waals surface area contributed by atoms with Crippen LogP contribution in [0, 0.1) is 5.92 Å². The maximum Gasteiger partial charge on any atom is 0.248 e. The number of aryl methyl sites for hydroxylation is 1. The molecule has 2 aromatic heterocycles. The number of fused-ring (bicyclic) bond motifs is 1. The second kappa shape index (κ2) is 5.60. The highest BCUT2D eigenvalue weighted by Gasteiger charge is 2.27. The van der Waals surface area contributed by atoms with Crippen molar-refractivity contribution in [2.45, 2.75) is 31.4 Å². The number of carbonyl (C=O) groups excluding carboxylic acids is 1. The molecule has 0 saturated carbocycles. The maximum absolute atomic E-state index is 12.7. The molecular weight excluding hydrogens is 284 g/mol. The fourth-order valence-electron chi connectivity index (χ4n) is 2.80. The third-order valence-corrected chi connectivity index (χ3v) is 4.77. The van der Waals surface area contributed by atoms with Gasteiger partial charge in [0.2, 0.25) is 5.91 Å². The van der Waals surface area contributed by atoms with E-state index in [1.165, 1.54) is 5.56 Å². The van der Waals surface area contributed by atoms with Crippen LogP contribution in [-0.4, -0.2) is 20.3 Å². The Labute approximate surface area is 128 Å². The van der Waals surface area contributed by atoms with Crippen molar-refractivity contribution in [2.24, 2.45) is 13.0 Å². The van der Waals surface area contributed by atoms with Gasteiger partial charge in [-0.2, -0.15) is 16.9 Å². The molecule has 1 atom stereocenters. The van der Waals surface area contributed by atoms with Crippen molar-refractivity contribution in [2.75, 3.05) is 5.32 Å². The van der Waals surface area contributed by atoms with Crippen molar-refractivity contribution in [3.8, 4) is 0 Å². The summed E-state index contributed by atoms with van der Waals surface area (Å²) in [7, 11) is 1.89. The van der Waals surface area contributed by atoms with E-state index in [-0.39, 0.29) is 17.9 Å². The predicted molar refractivity (Wildman–Crippen MR) is 85.1 cm³/mol. The van der Waals surface area contributed by atoms with Crippen LogP contribution in [0.25, 0.3) is 0 Å². The Morgan fingerprint density at radius 2 is 2.05 bits per heavy atom. The molecule has 0 unspecified atom stereocenters. The molecule has 0 saturated heterocycles. The van der Waals surface area contributed by atoms with Crippen LogP contribution in [0.2, 0.25) is 0 Å². The van der Waals surface area contributed by atoms with Crippen molar-refractivity contribution >= 4 is 23.5 Å². The normalized spacial score (nSPS) is 15.2. The third-order valence-electron chi connectivity index (χ3n) is 3.80. The molecule has 6 heteroatoms. The summed E-state index contributed by atoms with van der Waals surface area (Å²) < 4.78 is 3.75. The Hall–Kier alpha value is -1.69. The molecule has 1 aliphatic rings. The first-order valence-electron chi connectivity index (χ1n) is 7.13. The molecule has 5 nitrogen and oxygen atoms in total. The quantitative estimate of drug-likeness (QED) is 0.945. The van der Waals surface area contributed by atoms with Crippen LogP contribution in [0.3, 0.4) is 0 Å². The summed E-state index contributed by atoms with van der Waals surface area (Å²) in [6.07, 6.45) is 3.88. The summed E-state index contributed by atoms with van der Waals surface area (Å²) in [5.41, 5.74) is 2.27. The van der Waals surface area contributed by atoms with Gasteiger partial charge in [0.1, 0.15) is 11.9 Å². The van der Waals surface area contributed by atoms with Gasteiger partial charge in [0.25, 0.3) is 0 Å². The van der Waals surface area contributed by atoms with E-state index in [0.29, 0.717) is 0 Å². The Bertz CT molecular complexity index is 645. The Morgan fingerprint density at radius 1 is 1.33 bits per heavy atom. The largest absolute Gasteiger partial charge is 0.342 e. The van der Waals surface area contributed by atoms with Gasteiger partial charge in [-0.15, -0.1) is 0 Å². The van der Waals surface area contributed by atoms with Gasteiger partial charge in [0.15, 0.2) is 0 Å². The highest BCUT2D eigenvalue weighted by molar-refractivity contribution is 7.98. The average molecular weight is 304 g/mol. The lowest BCUT2D eigenvalue weighted by atomic mass is 10.0. The summed E-state index contributed by atoms with van der Waals surface area (Å²) >= 11 is 1.84. The minimum Gasteiger partial charge on any atom is -0.342 e. The molecule has 3 heterocycles. The second-order valence-electron chi connectivity index (χ2n) is 5.70. The molecule has 112 valence electrons. The predicted octanol–water partition coefficient (Wildman–Crippen LogP) is 2.80. The van der Waals surface area contributed by atoms with Gasteiger partial charge >= 0.3 is 0 Å². The Morgan fingerprint density at radius 3 is 2.71 bits per heavy atom. The molecule has 0 radical (unpaired) electrons. The number of nitrogens with zero attached hydrogens (tertiary/aromatic N) is 3. The fourth-order valence-corrected chi connectivity index (χ4v) is 3.84. The number of carbonyl (C=O) groups is 1. The topological polar surface area (TPSA) is 51.9 Å². The summed E-state index contributed by atoms with van der Waals surface area (Å²) in [4.78, 5) is 12.7. The van der Waals surface area contributed by atoms with Gasteiger partial charge in [0, 0.05) is 36.5 Å². The zero-order valence-corrected chi connectivity index (χ0v) is 13.4. The summed E-state index contributed by atoms with van der Waals surface area (Å²) in [6, 6.07) is 3.68. The zero-order chi connectivity index (χ0) is 15.0. The number of aromatic nitrogens is 3. The van der Waals surface area contributed by atoms with Crippen molar-refractivity contribution in [3.05, 3.63) is 35.8 Å². The van der Waals surface area contributed by atoms with E-state index in [9.17, 15) is 4.79 Å². The zero-order valence-electron chi connectivity index (χ0n) is 12.5. The SMILES string of the molecule is CC(C)[C@@H](C(=O)Nc1c2c(nn1C)CSC2)n1cccc1. The highest BCUT2D eigenvalue weighted by atomic mass is 32.2. The molecule has 1 amide bonds. The molecule has 2 aromatic rings. The van der Waals surface area contributed by atoms with Gasteiger partial charge < -0.3 is 9.88 Å². The second-order valence-corrected chi connectivity index (χ2v) is 6.68. The monoisotopic (exact) mass is 304 g/mol. The molecule has 0 fully saturated rings. The van der Waals surface area contributed by atoms with Gasteiger partial charge in [0.05, 0.1) is 5.69 Å². The molecule has 0 aromatic carbocycles. The van der Waals surface area contributed by atoms with E-state index in [1.807, 2.05) is 47.9 Å². The number of hydrogen-bond donors (Lipinski definition) is 1. The first-order valence-corrected chi connectivity index (χ1v) is 8.29. The first-order chi connectivity index (χ1) is 10.1. The standard InChI is InChI=1S/C15H20N4OS/c1-10(2)13(19-6-4-5-7-19)15(20)16-14-11-8-21-9-12(11)17-18(14)3/h4-7,10,13H,8-9H2,1-3H3,(H,16,20)/t13-/m0/s1. The number of nitrogens with one attached hydrogen (secondary N) is 1. The van der Waals surface area contributed by atoms with Gasteiger partial charge in [-0.05, 0) is 18.1 Å².